The zero-order chi connectivity index (χ0) is 14.5. The lowest BCUT2D eigenvalue weighted by atomic mass is 10.1. The van der Waals surface area contributed by atoms with Crippen LogP contribution in [-0.4, -0.2) is 54.5 Å². The Morgan fingerprint density at radius 2 is 2.05 bits per heavy atom. The van der Waals surface area contributed by atoms with Crippen LogP contribution in [-0.2, 0) is 4.79 Å². The van der Waals surface area contributed by atoms with Gasteiger partial charge in [0.05, 0.1) is 6.54 Å². The van der Waals surface area contributed by atoms with E-state index in [9.17, 15) is 14.7 Å². The highest BCUT2D eigenvalue weighted by Crippen LogP contribution is 2.15. The molecule has 1 heterocycles. The number of aromatic hydroxyl groups is 1. The average Bonchev–Trinajstić information content (AvgIpc) is 2.45. The van der Waals surface area contributed by atoms with Gasteiger partial charge in [-0.05, 0) is 30.7 Å². The Bertz CT molecular complexity index is 510. The van der Waals surface area contributed by atoms with Crippen LogP contribution in [0, 0.1) is 6.92 Å². The lowest BCUT2D eigenvalue weighted by Gasteiger charge is -2.27. The van der Waals surface area contributed by atoms with E-state index in [0.29, 0.717) is 24.2 Å². The number of phenols is 1. The third-order valence-corrected chi connectivity index (χ3v) is 3.32. The summed E-state index contributed by atoms with van der Waals surface area (Å²) in [6.07, 6.45) is 0. The molecule has 1 saturated heterocycles. The lowest BCUT2D eigenvalue weighted by molar-refractivity contribution is -0.130. The summed E-state index contributed by atoms with van der Waals surface area (Å²) < 4.78 is 0. The van der Waals surface area contributed by atoms with Gasteiger partial charge in [-0.3, -0.25) is 9.59 Å². The molecule has 2 rings (SSSR count). The Morgan fingerprint density at radius 1 is 1.35 bits per heavy atom. The second-order valence-corrected chi connectivity index (χ2v) is 4.81. The van der Waals surface area contributed by atoms with E-state index in [0.717, 1.165) is 13.1 Å². The van der Waals surface area contributed by atoms with E-state index in [4.69, 9.17) is 0 Å². The topological polar surface area (TPSA) is 81.7 Å². The molecule has 0 aromatic heterocycles. The average molecular weight is 277 g/mol. The minimum absolute atomic E-state index is 0.000843. The van der Waals surface area contributed by atoms with Crippen LogP contribution in [0.25, 0.3) is 0 Å². The molecule has 108 valence electrons. The molecule has 3 N–H and O–H groups in total. The van der Waals surface area contributed by atoms with Crippen molar-refractivity contribution in [1.29, 1.82) is 0 Å². The van der Waals surface area contributed by atoms with Crippen LogP contribution in [0.1, 0.15) is 15.9 Å². The standard InChI is InChI=1S/C14H19N3O3/c1-10-8-11(18)2-3-12(10)14(20)16-9-13(19)17-6-4-15-5-7-17/h2-3,8,15,18H,4-7,9H2,1H3,(H,16,20). The van der Waals surface area contributed by atoms with Gasteiger partial charge in [0, 0.05) is 31.7 Å². The minimum Gasteiger partial charge on any atom is -0.508 e. The number of nitrogens with zero attached hydrogens (tertiary/aromatic N) is 1. The first-order valence-corrected chi connectivity index (χ1v) is 6.64. The van der Waals surface area contributed by atoms with Crippen molar-refractivity contribution in [3.8, 4) is 5.75 Å². The number of nitrogens with one attached hydrogen (secondary N) is 2. The first-order chi connectivity index (χ1) is 9.58. The quantitative estimate of drug-likeness (QED) is 0.718. The summed E-state index contributed by atoms with van der Waals surface area (Å²) in [4.78, 5) is 25.6. The Hall–Kier alpha value is -2.08. The van der Waals surface area contributed by atoms with Crippen LogP contribution < -0.4 is 10.6 Å². The monoisotopic (exact) mass is 277 g/mol. The minimum atomic E-state index is -0.300. The second kappa shape index (κ2) is 6.38. The highest BCUT2D eigenvalue weighted by molar-refractivity contribution is 5.97. The van der Waals surface area contributed by atoms with Gasteiger partial charge in [-0.1, -0.05) is 0 Å². The highest BCUT2D eigenvalue weighted by atomic mass is 16.3. The summed E-state index contributed by atoms with van der Waals surface area (Å²) in [5.74, 6) is -0.252. The number of phenolic OH excluding ortho intramolecular Hbond substituents is 1. The van der Waals surface area contributed by atoms with Crippen LogP contribution in [0.5, 0.6) is 5.75 Å². The van der Waals surface area contributed by atoms with Crippen molar-refractivity contribution in [3.63, 3.8) is 0 Å². The van der Waals surface area contributed by atoms with E-state index in [-0.39, 0.29) is 24.1 Å². The lowest BCUT2D eigenvalue weighted by Crippen LogP contribution is -2.49. The molecule has 1 aliphatic rings. The third kappa shape index (κ3) is 3.48. The van der Waals surface area contributed by atoms with E-state index in [2.05, 4.69) is 10.6 Å². The molecule has 1 fully saturated rings. The number of aryl methyl sites for hydroxylation is 1. The zero-order valence-corrected chi connectivity index (χ0v) is 11.5. The van der Waals surface area contributed by atoms with Gasteiger partial charge in [0.15, 0.2) is 0 Å². The van der Waals surface area contributed by atoms with Crippen LogP contribution in [0.2, 0.25) is 0 Å². The van der Waals surface area contributed by atoms with Crippen molar-refractivity contribution in [1.82, 2.24) is 15.5 Å². The molecule has 20 heavy (non-hydrogen) atoms. The van der Waals surface area contributed by atoms with Crippen LogP contribution >= 0.6 is 0 Å². The van der Waals surface area contributed by atoms with Gasteiger partial charge >= 0.3 is 0 Å². The number of carbonyl (C=O) groups is 2. The van der Waals surface area contributed by atoms with Crippen molar-refractivity contribution in [2.75, 3.05) is 32.7 Å². The summed E-state index contributed by atoms with van der Waals surface area (Å²) in [6.45, 7) is 4.67. The maximum atomic E-state index is 12.0. The smallest absolute Gasteiger partial charge is 0.251 e. The maximum absolute atomic E-state index is 12.0. The Morgan fingerprint density at radius 3 is 2.70 bits per heavy atom. The van der Waals surface area contributed by atoms with Gasteiger partial charge in [-0.2, -0.15) is 0 Å². The number of hydrogen-bond donors (Lipinski definition) is 3. The molecule has 6 heteroatoms. The fourth-order valence-electron chi connectivity index (χ4n) is 2.18. The fourth-order valence-corrected chi connectivity index (χ4v) is 2.18. The molecule has 0 aliphatic carbocycles. The predicted octanol–water partition coefficient (Wildman–Crippen LogP) is -0.138. The number of rotatable bonds is 3. The molecule has 2 amide bonds. The molecule has 0 saturated carbocycles. The van der Waals surface area contributed by atoms with Crippen molar-refractivity contribution in [2.45, 2.75) is 6.92 Å². The van der Waals surface area contributed by atoms with Crippen molar-refractivity contribution in [2.24, 2.45) is 0 Å². The molecular weight excluding hydrogens is 258 g/mol. The van der Waals surface area contributed by atoms with Gasteiger partial charge in [0.25, 0.3) is 5.91 Å². The molecule has 1 aliphatic heterocycles. The Labute approximate surface area is 117 Å². The normalized spacial score (nSPS) is 14.9. The number of hydrogen-bond acceptors (Lipinski definition) is 4. The van der Waals surface area contributed by atoms with Crippen LogP contribution in [0.4, 0.5) is 0 Å². The van der Waals surface area contributed by atoms with E-state index >= 15 is 0 Å². The maximum Gasteiger partial charge on any atom is 0.251 e. The third-order valence-electron chi connectivity index (χ3n) is 3.32. The second-order valence-electron chi connectivity index (χ2n) is 4.81. The molecule has 0 bridgehead atoms. The molecule has 0 atom stereocenters. The summed E-state index contributed by atoms with van der Waals surface area (Å²) >= 11 is 0. The molecular formula is C14H19N3O3. The number of benzene rings is 1. The zero-order valence-electron chi connectivity index (χ0n) is 11.5. The van der Waals surface area contributed by atoms with Gasteiger partial charge in [0.1, 0.15) is 5.75 Å². The number of carbonyl (C=O) groups excluding carboxylic acids is 2. The van der Waals surface area contributed by atoms with E-state index < -0.39 is 0 Å². The highest BCUT2D eigenvalue weighted by Gasteiger charge is 2.17. The van der Waals surface area contributed by atoms with E-state index in [1.54, 1.807) is 17.9 Å². The largest absolute Gasteiger partial charge is 0.508 e. The summed E-state index contributed by atoms with van der Waals surface area (Å²) in [5, 5.41) is 15.1. The first-order valence-electron chi connectivity index (χ1n) is 6.64. The van der Waals surface area contributed by atoms with Gasteiger partial charge in [-0.25, -0.2) is 0 Å². The summed E-state index contributed by atoms with van der Waals surface area (Å²) in [5.41, 5.74) is 1.15. The summed E-state index contributed by atoms with van der Waals surface area (Å²) in [6, 6.07) is 4.53. The first kappa shape index (κ1) is 14.3. The van der Waals surface area contributed by atoms with Gasteiger partial charge < -0.3 is 20.6 Å². The fraction of sp³-hybridized carbons (Fsp3) is 0.429. The van der Waals surface area contributed by atoms with Gasteiger partial charge in [0.2, 0.25) is 5.91 Å². The van der Waals surface area contributed by atoms with Crippen LogP contribution in [0.3, 0.4) is 0 Å². The molecule has 0 radical (unpaired) electrons. The predicted molar refractivity (Wildman–Crippen MR) is 74.6 cm³/mol. The van der Waals surface area contributed by atoms with Crippen molar-refractivity contribution in [3.05, 3.63) is 29.3 Å². The number of amides is 2. The van der Waals surface area contributed by atoms with E-state index in [1.165, 1.54) is 12.1 Å². The summed E-state index contributed by atoms with van der Waals surface area (Å²) in [7, 11) is 0. The van der Waals surface area contributed by atoms with E-state index in [1.807, 2.05) is 0 Å². The Kier molecular flexibility index (Phi) is 4.57. The molecule has 6 nitrogen and oxygen atoms in total. The molecule has 1 aromatic carbocycles. The Balaban J connectivity index is 1.89. The molecule has 1 aromatic rings. The SMILES string of the molecule is Cc1cc(O)ccc1C(=O)NCC(=O)N1CCNCC1. The van der Waals surface area contributed by atoms with Crippen LogP contribution in [0.15, 0.2) is 18.2 Å². The van der Waals surface area contributed by atoms with Crippen molar-refractivity contribution >= 4 is 11.8 Å². The number of piperazine rings is 1. The van der Waals surface area contributed by atoms with Gasteiger partial charge in [-0.15, -0.1) is 0 Å². The molecule has 0 spiro atoms. The molecule has 0 unspecified atom stereocenters. The van der Waals surface area contributed by atoms with Crippen molar-refractivity contribution < 1.29 is 14.7 Å².